The number of hydrogen-bond acceptors (Lipinski definition) is 5. The van der Waals surface area contributed by atoms with Gasteiger partial charge in [-0.15, -0.1) is 0 Å². The van der Waals surface area contributed by atoms with Crippen molar-refractivity contribution in [2.75, 3.05) is 11.9 Å². The first-order valence-corrected chi connectivity index (χ1v) is 13.1. The van der Waals surface area contributed by atoms with E-state index in [1.807, 2.05) is 68.7 Å². The molecule has 0 bridgehead atoms. The van der Waals surface area contributed by atoms with Crippen LogP contribution in [0, 0.1) is 6.92 Å². The predicted octanol–water partition coefficient (Wildman–Crippen LogP) is 6.20. The fraction of sp³-hybridized carbons (Fsp3) is 0.207. The van der Waals surface area contributed by atoms with Crippen molar-refractivity contribution in [3.05, 3.63) is 90.0 Å². The van der Waals surface area contributed by atoms with Crippen LogP contribution >= 0.6 is 0 Å². The highest BCUT2D eigenvalue weighted by atomic mass is 32.2. The highest BCUT2D eigenvalue weighted by Crippen LogP contribution is 2.54. The maximum absolute atomic E-state index is 13.8. The van der Waals surface area contributed by atoms with E-state index in [2.05, 4.69) is 30.9 Å². The first-order valence-electron chi connectivity index (χ1n) is 11.6. The number of hydrogen-bond donors (Lipinski definition) is 0. The molecule has 4 aromatic carbocycles. The lowest BCUT2D eigenvalue weighted by Crippen LogP contribution is -2.61. The minimum absolute atomic E-state index is 0.221. The number of aryl methyl sites for hydroxylation is 1. The number of aliphatic imine (C=N–C) groups is 1. The molecule has 176 valence electrons. The molecule has 0 N–H and O–H groups in total. The number of benzene rings is 4. The van der Waals surface area contributed by atoms with Gasteiger partial charge in [0.05, 0.1) is 21.4 Å². The third-order valence-electron chi connectivity index (χ3n) is 7.53. The first-order chi connectivity index (χ1) is 16.7. The Labute approximate surface area is 205 Å². The average molecular weight is 483 g/mol. The van der Waals surface area contributed by atoms with Crippen LogP contribution in [0.2, 0.25) is 0 Å². The van der Waals surface area contributed by atoms with Gasteiger partial charge in [0, 0.05) is 29.6 Å². The highest BCUT2D eigenvalue weighted by Gasteiger charge is 2.58. The van der Waals surface area contributed by atoms with Crippen molar-refractivity contribution in [2.24, 2.45) is 4.99 Å². The molecule has 1 spiro atoms. The zero-order valence-electron chi connectivity index (χ0n) is 20.1. The molecule has 0 saturated heterocycles. The normalized spacial score (nSPS) is 20.1. The summed E-state index contributed by atoms with van der Waals surface area (Å²) >= 11 is 0. The molecule has 4 aromatic rings. The van der Waals surface area contributed by atoms with Gasteiger partial charge in [-0.05, 0) is 44.5 Å². The Kier molecular flexibility index (Phi) is 4.49. The van der Waals surface area contributed by atoms with Crippen molar-refractivity contribution >= 4 is 38.2 Å². The van der Waals surface area contributed by atoms with Crippen molar-refractivity contribution in [3.63, 3.8) is 0 Å². The maximum atomic E-state index is 13.8. The Morgan fingerprint density at radius 3 is 2.26 bits per heavy atom. The summed E-state index contributed by atoms with van der Waals surface area (Å²) in [5.41, 5.74) is 2.56. The lowest BCUT2D eigenvalue weighted by Gasteiger charge is -2.45. The smallest absolute Gasteiger partial charge is 0.228 e. The van der Waals surface area contributed by atoms with Crippen molar-refractivity contribution in [3.8, 4) is 5.75 Å². The molecule has 35 heavy (non-hydrogen) atoms. The number of anilines is 1. The maximum Gasteiger partial charge on any atom is 0.228 e. The van der Waals surface area contributed by atoms with Crippen molar-refractivity contribution in [2.45, 2.75) is 41.7 Å². The summed E-state index contributed by atoms with van der Waals surface area (Å²) in [6.07, 6.45) is 1.87. The minimum atomic E-state index is -3.79. The Morgan fingerprint density at radius 2 is 1.54 bits per heavy atom. The molecule has 2 aliphatic heterocycles. The number of nitrogens with zero attached hydrogens (tertiary/aromatic N) is 2. The third-order valence-corrected chi connectivity index (χ3v) is 9.34. The van der Waals surface area contributed by atoms with E-state index in [4.69, 9.17) is 9.73 Å². The Bertz CT molecular complexity index is 1640. The second kappa shape index (κ2) is 7.18. The molecule has 5 nitrogen and oxygen atoms in total. The van der Waals surface area contributed by atoms with Crippen LogP contribution in [0.5, 0.6) is 5.75 Å². The molecule has 2 aliphatic rings. The van der Waals surface area contributed by atoms with Gasteiger partial charge in [-0.3, -0.25) is 4.99 Å². The lowest BCUT2D eigenvalue weighted by molar-refractivity contribution is 0.0824. The van der Waals surface area contributed by atoms with Gasteiger partial charge in [0.25, 0.3) is 0 Å². The summed E-state index contributed by atoms with van der Waals surface area (Å²) in [5.74, 6) is 0.463. The van der Waals surface area contributed by atoms with Gasteiger partial charge in [-0.25, -0.2) is 8.42 Å². The zero-order chi connectivity index (χ0) is 24.6. The fourth-order valence-corrected chi connectivity index (χ4v) is 6.93. The molecular formula is C29H26N2O3S. The SMILES string of the molecule is Cc1ccc(S(=O)(=O)c2cc3c(c4ccccc24)N=CC2(O3)N(C)c3ccccc3C2(C)C)cc1. The van der Waals surface area contributed by atoms with Crippen LogP contribution in [-0.4, -0.2) is 27.4 Å². The van der Waals surface area contributed by atoms with E-state index < -0.39 is 21.0 Å². The summed E-state index contributed by atoms with van der Waals surface area (Å²) in [7, 11) is -1.80. The van der Waals surface area contributed by atoms with Crippen LogP contribution in [0.25, 0.3) is 10.8 Å². The molecule has 1 unspecified atom stereocenters. The summed E-state index contributed by atoms with van der Waals surface area (Å²) in [4.78, 5) is 7.48. The van der Waals surface area contributed by atoms with Crippen LogP contribution in [0.1, 0.15) is 25.0 Å². The number of rotatable bonds is 2. The average Bonchev–Trinajstić information content (AvgIpc) is 3.02. The summed E-state index contributed by atoms with van der Waals surface area (Å²) in [5, 5.41) is 1.38. The number of ether oxygens (including phenoxy) is 1. The van der Waals surface area contributed by atoms with Gasteiger partial charge in [0.1, 0.15) is 5.69 Å². The Balaban J connectivity index is 1.58. The number of likely N-dealkylation sites (N-methyl/N-ethyl adjacent to an activating group) is 1. The Morgan fingerprint density at radius 1 is 0.886 bits per heavy atom. The van der Waals surface area contributed by atoms with E-state index in [0.29, 0.717) is 16.8 Å². The minimum Gasteiger partial charge on any atom is -0.459 e. The second-order valence-electron chi connectivity index (χ2n) is 9.84. The summed E-state index contributed by atoms with van der Waals surface area (Å²) in [6.45, 7) is 6.21. The number of para-hydroxylation sites is 1. The van der Waals surface area contributed by atoms with E-state index in [-0.39, 0.29) is 9.79 Å². The molecule has 0 saturated carbocycles. The fourth-order valence-electron chi connectivity index (χ4n) is 5.46. The van der Waals surface area contributed by atoms with Gasteiger partial charge >= 0.3 is 0 Å². The van der Waals surface area contributed by atoms with Crippen LogP contribution in [0.3, 0.4) is 0 Å². The molecule has 0 fully saturated rings. The van der Waals surface area contributed by atoms with Gasteiger partial charge < -0.3 is 9.64 Å². The topological polar surface area (TPSA) is 59.0 Å². The van der Waals surface area contributed by atoms with Crippen molar-refractivity contribution in [1.29, 1.82) is 0 Å². The molecule has 0 aliphatic carbocycles. The van der Waals surface area contributed by atoms with Crippen molar-refractivity contribution < 1.29 is 13.2 Å². The Hall–Kier alpha value is -3.64. The molecule has 0 aromatic heterocycles. The first kappa shape index (κ1) is 21.9. The molecular weight excluding hydrogens is 456 g/mol. The molecule has 0 amide bonds. The molecule has 1 atom stereocenters. The molecule has 0 radical (unpaired) electrons. The molecule has 6 rings (SSSR count). The van der Waals surface area contributed by atoms with E-state index in [1.165, 1.54) is 0 Å². The number of sulfone groups is 1. The van der Waals surface area contributed by atoms with Crippen LogP contribution in [0.15, 0.2) is 93.6 Å². The van der Waals surface area contributed by atoms with Gasteiger partial charge in [-0.2, -0.15) is 0 Å². The highest BCUT2D eigenvalue weighted by molar-refractivity contribution is 7.91. The van der Waals surface area contributed by atoms with E-state index in [9.17, 15) is 8.42 Å². The predicted molar refractivity (Wildman–Crippen MR) is 140 cm³/mol. The molecule has 6 heteroatoms. The monoisotopic (exact) mass is 482 g/mol. The summed E-state index contributed by atoms with van der Waals surface area (Å²) < 4.78 is 34.4. The summed E-state index contributed by atoms with van der Waals surface area (Å²) in [6, 6.07) is 24.3. The quantitative estimate of drug-likeness (QED) is 0.341. The van der Waals surface area contributed by atoms with Crippen molar-refractivity contribution in [1.82, 2.24) is 0 Å². The van der Waals surface area contributed by atoms with E-state index in [1.54, 1.807) is 18.2 Å². The van der Waals surface area contributed by atoms with Crippen LogP contribution in [0.4, 0.5) is 11.4 Å². The number of fused-ring (bicyclic) bond motifs is 4. The largest absolute Gasteiger partial charge is 0.459 e. The standard InChI is InChI=1S/C29H26N2O3S/c1-19-13-15-20(16-14-19)35(32,33)26-17-25-27(22-10-6-5-9-21(22)26)30-18-29(34-25)28(2,3)23-11-7-8-12-24(23)31(29)4/h5-18H,1-4H3. The third kappa shape index (κ3) is 2.86. The lowest BCUT2D eigenvalue weighted by atomic mass is 9.77. The van der Waals surface area contributed by atoms with E-state index in [0.717, 1.165) is 22.2 Å². The van der Waals surface area contributed by atoms with Gasteiger partial charge in [-0.1, -0.05) is 60.2 Å². The van der Waals surface area contributed by atoms with E-state index >= 15 is 0 Å². The second-order valence-corrected chi connectivity index (χ2v) is 11.8. The van der Waals surface area contributed by atoms with Crippen LogP contribution < -0.4 is 9.64 Å². The molecule has 2 heterocycles. The van der Waals surface area contributed by atoms with Gasteiger partial charge in [0.15, 0.2) is 5.75 Å². The van der Waals surface area contributed by atoms with Gasteiger partial charge in [0.2, 0.25) is 15.6 Å². The van der Waals surface area contributed by atoms with Crippen LogP contribution in [-0.2, 0) is 15.3 Å². The zero-order valence-corrected chi connectivity index (χ0v) is 20.9.